The zero-order valence-electron chi connectivity index (χ0n) is 18.1. The molecule has 1 aromatic heterocycles. The minimum Gasteiger partial charge on any atom is -0.497 e. The summed E-state index contributed by atoms with van der Waals surface area (Å²) in [6.45, 7) is 1.22. The first kappa shape index (κ1) is 20.9. The van der Waals surface area contributed by atoms with E-state index in [1.165, 1.54) is 38.5 Å². The Kier molecular flexibility index (Phi) is 5.54. The first-order valence-electron chi connectivity index (χ1n) is 11.4. The zero-order valence-corrected chi connectivity index (χ0v) is 18.9. The first-order chi connectivity index (χ1) is 15.0. The smallest absolute Gasteiger partial charge is 0.231 e. The highest BCUT2D eigenvalue weighted by Gasteiger charge is 2.64. The molecule has 0 amide bonds. The van der Waals surface area contributed by atoms with E-state index in [0.717, 1.165) is 11.3 Å². The van der Waals surface area contributed by atoms with E-state index in [4.69, 9.17) is 9.26 Å². The van der Waals surface area contributed by atoms with Gasteiger partial charge in [-0.05, 0) is 37.0 Å². The van der Waals surface area contributed by atoms with E-state index in [1.54, 1.807) is 7.11 Å². The van der Waals surface area contributed by atoms with Gasteiger partial charge < -0.3 is 9.26 Å². The van der Waals surface area contributed by atoms with Crippen molar-refractivity contribution in [3.05, 3.63) is 41.5 Å². The molecule has 2 aromatic rings. The number of hydrogen-bond acceptors (Lipinski definition) is 7. The molecular weight excluding hydrogens is 414 g/mol. The maximum atomic E-state index is 13.1. The van der Waals surface area contributed by atoms with Crippen molar-refractivity contribution < 1.29 is 17.7 Å². The van der Waals surface area contributed by atoms with E-state index >= 15 is 0 Å². The minimum atomic E-state index is -3.17. The van der Waals surface area contributed by atoms with Crippen LogP contribution in [0.5, 0.6) is 5.75 Å². The van der Waals surface area contributed by atoms with Crippen LogP contribution in [-0.4, -0.2) is 60.2 Å². The summed E-state index contributed by atoms with van der Waals surface area (Å²) in [5, 5.41) is 4.17. The Labute approximate surface area is 184 Å². The van der Waals surface area contributed by atoms with Crippen molar-refractivity contribution in [3.63, 3.8) is 0 Å². The van der Waals surface area contributed by atoms with E-state index in [2.05, 4.69) is 15.0 Å². The van der Waals surface area contributed by atoms with Crippen LogP contribution in [0.4, 0.5) is 0 Å². The van der Waals surface area contributed by atoms with Gasteiger partial charge in [0.25, 0.3) is 0 Å². The van der Waals surface area contributed by atoms with Crippen molar-refractivity contribution in [1.82, 2.24) is 15.0 Å². The van der Waals surface area contributed by atoms with Gasteiger partial charge in [-0.15, -0.1) is 0 Å². The third-order valence-corrected chi connectivity index (χ3v) is 10.1. The Balaban J connectivity index is 1.31. The summed E-state index contributed by atoms with van der Waals surface area (Å²) in [4.78, 5) is 7.03. The SMILES string of the molecule is COc1ccc(Cc2noc(C3CCS(=O)(=O)C34CN(C3CCCCCC3)C4)n2)cc1. The number of aromatic nitrogens is 2. The molecule has 1 saturated carbocycles. The Morgan fingerprint density at radius 2 is 1.81 bits per heavy atom. The molecule has 3 fully saturated rings. The Morgan fingerprint density at radius 1 is 1.10 bits per heavy atom. The molecule has 2 saturated heterocycles. The maximum absolute atomic E-state index is 13.1. The standard InChI is InChI=1S/C23H31N3O4S/c1-29-19-10-8-17(9-11-19)14-21-24-22(30-25-21)20-12-13-31(27,28)23(20)15-26(16-23)18-6-4-2-3-5-7-18/h8-11,18,20H,2-7,12-16H2,1H3. The summed E-state index contributed by atoms with van der Waals surface area (Å²) in [5.41, 5.74) is 1.06. The minimum absolute atomic E-state index is 0.198. The number of methoxy groups -OCH3 is 1. The van der Waals surface area contributed by atoms with Crippen LogP contribution in [-0.2, 0) is 16.3 Å². The molecular formula is C23H31N3O4S. The zero-order chi connectivity index (χ0) is 21.5. The van der Waals surface area contributed by atoms with E-state index in [9.17, 15) is 8.42 Å². The van der Waals surface area contributed by atoms with Gasteiger partial charge in [0.15, 0.2) is 15.7 Å². The third-order valence-electron chi connectivity index (χ3n) is 7.52. The molecule has 0 N–H and O–H groups in total. The molecule has 1 aliphatic carbocycles. The van der Waals surface area contributed by atoms with Gasteiger partial charge in [-0.3, -0.25) is 4.90 Å². The molecule has 1 unspecified atom stereocenters. The number of rotatable bonds is 5. The molecule has 3 aliphatic rings. The molecule has 1 spiro atoms. The largest absolute Gasteiger partial charge is 0.497 e. The van der Waals surface area contributed by atoms with Crippen LogP contribution in [0.3, 0.4) is 0 Å². The number of hydrogen-bond donors (Lipinski definition) is 0. The molecule has 1 atom stereocenters. The van der Waals surface area contributed by atoms with Crippen molar-refractivity contribution in [3.8, 4) is 5.75 Å². The van der Waals surface area contributed by atoms with Crippen molar-refractivity contribution >= 4 is 9.84 Å². The highest BCUT2D eigenvalue weighted by Crippen LogP contribution is 2.50. The van der Waals surface area contributed by atoms with Gasteiger partial charge in [0.1, 0.15) is 10.5 Å². The lowest BCUT2D eigenvalue weighted by molar-refractivity contribution is 0.0466. The summed E-state index contributed by atoms with van der Waals surface area (Å²) in [5.74, 6) is 1.91. The fraction of sp³-hybridized carbons (Fsp3) is 0.652. The molecule has 31 heavy (non-hydrogen) atoms. The number of benzene rings is 1. The van der Waals surface area contributed by atoms with Crippen LogP contribution < -0.4 is 4.74 Å². The summed E-state index contributed by atoms with van der Waals surface area (Å²) >= 11 is 0. The van der Waals surface area contributed by atoms with Crippen LogP contribution in [0.1, 0.15) is 68.1 Å². The van der Waals surface area contributed by atoms with E-state index < -0.39 is 14.6 Å². The highest BCUT2D eigenvalue weighted by atomic mass is 32.2. The van der Waals surface area contributed by atoms with Gasteiger partial charge in [-0.25, -0.2) is 8.42 Å². The summed E-state index contributed by atoms with van der Waals surface area (Å²) < 4.78 is 36.2. The third kappa shape index (κ3) is 3.78. The molecule has 5 rings (SSSR count). The van der Waals surface area contributed by atoms with Gasteiger partial charge in [0, 0.05) is 25.6 Å². The monoisotopic (exact) mass is 445 g/mol. The fourth-order valence-corrected chi connectivity index (χ4v) is 7.98. The Morgan fingerprint density at radius 3 is 2.48 bits per heavy atom. The van der Waals surface area contributed by atoms with Crippen molar-refractivity contribution in [1.29, 1.82) is 0 Å². The quantitative estimate of drug-likeness (QED) is 0.653. The van der Waals surface area contributed by atoms with Gasteiger partial charge >= 0.3 is 0 Å². The first-order valence-corrected chi connectivity index (χ1v) is 13.1. The van der Waals surface area contributed by atoms with Crippen molar-refractivity contribution in [2.45, 2.75) is 68.1 Å². The molecule has 1 aromatic carbocycles. The van der Waals surface area contributed by atoms with Crippen LogP contribution in [0.2, 0.25) is 0 Å². The summed E-state index contributed by atoms with van der Waals surface area (Å²) in [6.07, 6.45) is 8.61. The second-order valence-corrected chi connectivity index (χ2v) is 11.8. The van der Waals surface area contributed by atoms with Gasteiger partial charge in [-0.2, -0.15) is 4.98 Å². The lowest BCUT2D eigenvalue weighted by atomic mass is 9.81. The van der Waals surface area contributed by atoms with Crippen LogP contribution in [0.15, 0.2) is 28.8 Å². The van der Waals surface area contributed by atoms with Gasteiger partial charge in [0.2, 0.25) is 5.89 Å². The lowest BCUT2D eigenvalue weighted by Crippen LogP contribution is -2.68. The predicted molar refractivity (Wildman–Crippen MR) is 117 cm³/mol. The highest BCUT2D eigenvalue weighted by molar-refractivity contribution is 7.93. The summed E-state index contributed by atoms with van der Waals surface area (Å²) in [7, 11) is -1.53. The molecule has 3 heterocycles. The van der Waals surface area contributed by atoms with Crippen molar-refractivity contribution in [2.24, 2.45) is 0 Å². The topological polar surface area (TPSA) is 85.5 Å². The van der Waals surface area contributed by atoms with Gasteiger partial charge in [0.05, 0.1) is 18.8 Å². The van der Waals surface area contributed by atoms with E-state index in [1.807, 2.05) is 24.3 Å². The number of nitrogens with zero attached hydrogens (tertiary/aromatic N) is 3. The lowest BCUT2D eigenvalue weighted by Gasteiger charge is -2.52. The number of ether oxygens (including phenoxy) is 1. The maximum Gasteiger partial charge on any atom is 0.231 e. The van der Waals surface area contributed by atoms with E-state index in [0.29, 0.717) is 43.7 Å². The Hall–Kier alpha value is -1.93. The fourth-order valence-electron chi connectivity index (χ4n) is 5.65. The summed E-state index contributed by atoms with van der Waals surface area (Å²) in [6, 6.07) is 8.30. The molecule has 168 valence electrons. The molecule has 2 aliphatic heterocycles. The Bertz CT molecular complexity index is 1000. The predicted octanol–water partition coefficient (Wildman–Crippen LogP) is 3.35. The average molecular weight is 446 g/mol. The second-order valence-electron chi connectivity index (χ2n) is 9.35. The molecule has 0 bridgehead atoms. The number of likely N-dealkylation sites (tertiary alicyclic amines) is 1. The normalized spacial score (nSPS) is 25.9. The molecule has 8 heteroatoms. The van der Waals surface area contributed by atoms with Gasteiger partial charge in [-0.1, -0.05) is 43.0 Å². The number of sulfone groups is 1. The average Bonchev–Trinajstić information content (AvgIpc) is 3.17. The second kappa shape index (κ2) is 8.20. The van der Waals surface area contributed by atoms with Crippen LogP contribution >= 0.6 is 0 Å². The van der Waals surface area contributed by atoms with E-state index in [-0.39, 0.29) is 11.7 Å². The van der Waals surface area contributed by atoms with Crippen LogP contribution in [0.25, 0.3) is 0 Å². The van der Waals surface area contributed by atoms with Crippen molar-refractivity contribution in [2.75, 3.05) is 26.0 Å². The van der Waals surface area contributed by atoms with Crippen LogP contribution in [0, 0.1) is 0 Å². The molecule has 7 nitrogen and oxygen atoms in total. The molecule has 0 radical (unpaired) electrons.